The Labute approximate surface area is 194 Å². The highest BCUT2D eigenvalue weighted by Gasteiger charge is 2.27. The number of aromatic nitrogens is 1. The molecule has 1 aromatic heterocycles. The maximum atomic E-state index is 12.7. The number of likely N-dealkylation sites (tertiary alicyclic amines) is 1. The zero-order valence-corrected chi connectivity index (χ0v) is 20.0. The Morgan fingerprint density at radius 2 is 1.59 bits per heavy atom. The number of amides is 1. The Bertz CT molecular complexity index is 865. The largest absolute Gasteiger partial charge is 0.372 e. The molecule has 0 radical (unpaired) electrons. The fraction of sp³-hybridized carbons (Fsp3) is 0.571. The molecule has 3 heterocycles. The van der Waals surface area contributed by atoms with Gasteiger partial charge in [0.2, 0.25) is 0 Å². The van der Waals surface area contributed by atoms with Gasteiger partial charge in [-0.15, -0.1) is 0 Å². The van der Waals surface area contributed by atoms with E-state index in [9.17, 15) is 4.79 Å². The Morgan fingerprint density at radius 3 is 2.25 bits per heavy atom. The molecule has 0 unspecified atom stereocenters. The molecule has 4 rings (SSSR count). The van der Waals surface area contributed by atoms with Crippen molar-refractivity contribution in [2.45, 2.75) is 52.9 Å². The lowest BCUT2D eigenvalue weighted by molar-refractivity contribution is 0.0662. The molecule has 2 saturated heterocycles. The molecule has 0 bridgehead atoms. The molecule has 2 fully saturated rings. The van der Waals surface area contributed by atoms with Crippen molar-refractivity contribution in [2.75, 3.05) is 31.1 Å². The predicted molar refractivity (Wildman–Crippen MR) is 132 cm³/mol. The number of hydrogen-bond acceptors (Lipinski definition) is 3. The minimum atomic E-state index is 0.146. The predicted octanol–water partition coefficient (Wildman–Crippen LogP) is 5.69. The van der Waals surface area contributed by atoms with Crippen LogP contribution in [0, 0.1) is 23.7 Å². The van der Waals surface area contributed by atoms with E-state index < -0.39 is 0 Å². The third-order valence-corrected chi connectivity index (χ3v) is 7.87. The lowest BCUT2D eigenvalue weighted by Crippen LogP contribution is -2.40. The molecule has 172 valence electrons. The first kappa shape index (κ1) is 22.8. The highest BCUT2D eigenvalue weighted by atomic mass is 16.2. The third-order valence-electron chi connectivity index (χ3n) is 7.87. The number of piperidine rings is 2. The lowest BCUT2D eigenvalue weighted by atomic mass is 9.81. The van der Waals surface area contributed by atoms with Crippen LogP contribution in [0.5, 0.6) is 0 Å². The molecule has 4 heteroatoms. The Balaban J connectivity index is 1.29. The van der Waals surface area contributed by atoms with Crippen molar-refractivity contribution in [1.29, 1.82) is 0 Å². The molecule has 2 aromatic rings. The number of carbonyl (C=O) groups excluding carboxylic acids is 1. The summed E-state index contributed by atoms with van der Waals surface area (Å²) in [6.45, 7) is 11.2. The van der Waals surface area contributed by atoms with Gasteiger partial charge in [-0.3, -0.25) is 9.78 Å². The van der Waals surface area contributed by atoms with Crippen LogP contribution in [0.4, 0.5) is 5.69 Å². The topological polar surface area (TPSA) is 36.4 Å². The van der Waals surface area contributed by atoms with Crippen LogP contribution < -0.4 is 4.90 Å². The van der Waals surface area contributed by atoms with Gasteiger partial charge in [0.25, 0.3) is 5.91 Å². The van der Waals surface area contributed by atoms with E-state index in [-0.39, 0.29) is 5.91 Å². The van der Waals surface area contributed by atoms with Crippen molar-refractivity contribution < 1.29 is 4.79 Å². The molecule has 4 nitrogen and oxygen atoms in total. The summed E-state index contributed by atoms with van der Waals surface area (Å²) in [6, 6.07) is 12.9. The van der Waals surface area contributed by atoms with E-state index in [2.05, 4.69) is 54.9 Å². The van der Waals surface area contributed by atoms with Crippen LogP contribution in [0.15, 0.2) is 48.8 Å². The van der Waals surface area contributed by atoms with Crippen LogP contribution in [0.3, 0.4) is 0 Å². The van der Waals surface area contributed by atoms with Gasteiger partial charge in [0, 0.05) is 49.8 Å². The normalized spacial score (nSPS) is 19.4. The van der Waals surface area contributed by atoms with Crippen LogP contribution in [0.1, 0.15) is 62.4 Å². The average Bonchev–Trinajstić information content (AvgIpc) is 2.84. The van der Waals surface area contributed by atoms with Crippen molar-refractivity contribution in [2.24, 2.45) is 23.7 Å². The zero-order chi connectivity index (χ0) is 22.5. The Hall–Kier alpha value is -2.36. The summed E-state index contributed by atoms with van der Waals surface area (Å²) in [7, 11) is 0. The molecule has 2 aliphatic rings. The fourth-order valence-electron chi connectivity index (χ4n) is 5.59. The van der Waals surface area contributed by atoms with Crippen LogP contribution in [-0.2, 0) is 6.42 Å². The van der Waals surface area contributed by atoms with E-state index in [0.717, 1.165) is 49.8 Å². The van der Waals surface area contributed by atoms with Crippen molar-refractivity contribution in [3.05, 3.63) is 59.9 Å². The van der Waals surface area contributed by atoms with E-state index in [1.54, 1.807) is 12.4 Å². The Morgan fingerprint density at radius 1 is 0.938 bits per heavy atom. The van der Waals surface area contributed by atoms with Gasteiger partial charge in [-0.25, -0.2) is 0 Å². The number of nitrogens with zero attached hydrogens (tertiary/aromatic N) is 3. The van der Waals surface area contributed by atoms with Crippen molar-refractivity contribution in [1.82, 2.24) is 9.88 Å². The molecule has 1 aromatic carbocycles. The summed E-state index contributed by atoms with van der Waals surface area (Å²) in [5, 5.41) is 0. The first-order valence-corrected chi connectivity index (χ1v) is 12.5. The third kappa shape index (κ3) is 5.51. The summed E-state index contributed by atoms with van der Waals surface area (Å²) < 4.78 is 0. The van der Waals surface area contributed by atoms with Gasteiger partial charge < -0.3 is 9.80 Å². The van der Waals surface area contributed by atoms with Crippen LogP contribution >= 0.6 is 0 Å². The number of anilines is 1. The summed E-state index contributed by atoms with van der Waals surface area (Å²) in [5.41, 5.74) is 3.60. The van der Waals surface area contributed by atoms with Gasteiger partial charge in [0.05, 0.1) is 0 Å². The van der Waals surface area contributed by atoms with Gasteiger partial charge in [0.15, 0.2) is 0 Å². The lowest BCUT2D eigenvalue weighted by Gasteiger charge is -2.36. The highest BCUT2D eigenvalue weighted by molar-refractivity contribution is 5.94. The van der Waals surface area contributed by atoms with E-state index in [1.165, 1.54) is 37.2 Å². The summed E-state index contributed by atoms with van der Waals surface area (Å²) in [4.78, 5) is 21.3. The fourth-order valence-corrected chi connectivity index (χ4v) is 5.59. The number of rotatable bonds is 6. The molecule has 1 amide bonds. The van der Waals surface area contributed by atoms with E-state index in [1.807, 2.05) is 17.0 Å². The molecule has 32 heavy (non-hydrogen) atoms. The smallest absolute Gasteiger partial charge is 0.253 e. The summed E-state index contributed by atoms with van der Waals surface area (Å²) in [6.07, 6.45) is 9.34. The maximum absolute atomic E-state index is 12.7. The number of benzene rings is 1. The molecule has 0 saturated carbocycles. The highest BCUT2D eigenvalue weighted by Crippen LogP contribution is 2.31. The second kappa shape index (κ2) is 10.5. The number of hydrogen-bond donors (Lipinski definition) is 0. The van der Waals surface area contributed by atoms with Gasteiger partial charge in [-0.2, -0.15) is 0 Å². The van der Waals surface area contributed by atoms with E-state index >= 15 is 0 Å². The maximum Gasteiger partial charge on any atom is 0.253 e. The number of carbonyl (C=O) groups is 1. The molecular formula is C28H39N3O. The van der Waals surface area contributed by atoms with Gasteiger partial charge >= 0.3 is 0 Å². The summed E-state index contributed by atoms with van der Waals surface area (Å²) in [5.74, 6) is 3.14. The van der Waals surface area contributed by atoms with Gasteiger partial charge in [-0.1, -0.05) is 32.9 Å². The van der Waals surface area contributed by atoms with Gasteiger partial charge in [0.1, 0.15) is 0 Å². The van der Waals surface area contributed by atoms with E-state index in [4.69, 9.17) is 0 Å². The van der Waals surface area contributed by atoms with Crippen LogP contribution in [0.25, 0.3) is 0 Å². The molecule has 0 aliphatic carbocycles. The monoisotopic (exact) mass is 433 g/mol. The minimum Gasteiger partial charge on any atom is -0.372 e. The molecule has 0 N–H and O–H groups in total. The molecule has 0 spiro atoms. The van der Waals surface area contributed by atoms with Crippen LogP contribution in [0.2, 0.25) is 0 Å². The van der Waals surface area contributed by atoms with Gasteiger partial charge in [-0.05, 0) is 85.6 Å². The average molecular weight is 434 g/mol. The standard InChI is InChI=1S/C28H39N3O/c1-21(2)24-9-15-30(16-10-24)27-6-4-5-23(20-27)19-22(3)25-11-17-31(18-12-25)28(32)26-7-13-29-14-8-26/h4-8,13-14,20-22,24-25H,9-12,15-19H2,1-3H3/t22-/m0/s1. The number of pyridine rings is 1. The van der Waals surface area contributed by atoms with Crippen molar-refractivity contribution in [3.63, 3.8) is 0 Å². The molecular weight excluding hydrogens is 394 g/mol. The molecule has 1 atom stereocenters. The first-order valence-electron chi connectivity index (χ1n) is 12.5. The quantitative estimate of drug-likeness (QED) is 0.588. The minimum absolute atomic E-state index is 0.146. The van der Waals surface area contributed by atoms with E-state index in [0.29, 0.717) is 11.8 Å². The SMILES string of the molecule is CC(C)C1CCN(c2cccc(C[C@H](C)C3CCN(C(=O)c4ccncc4)CC3)c2)CC1. The Kier molecular flexibility index (Phi) is 7.49. The molecule has 2 aliphatic heterocycles. The van der Waals surface area contributed by atoms with Crippen molar-refractivity contribution >= 4 is 11.6 Å². The second-order valence-electron chi connectivity index (χ2n) is 10.3. The summed E-state index contributed by atoms with van der Waals surface area (Å²) >= 11 is 0. The zero-order valence-electron chi connectivity index (χ0n) is 20.0. The second-order valence-corrected chi connectivity index (χ2v) is 10.3. The first-order chi connectivity index (χ1) is 15.5. The van der Waals surface area contributed by atoms with Crippen molar-refractivity contribution in [3.8, 4) is 0 Å². The van der Waals surface area contributed by atoms with Crippen LogP contribution in [-0.4, -0.2) is 42.0 Å².